The van der Waals surface area contributed by atoms with Crippen LogP contribution in [0.4, 0.5) is 5.69 Å². The summed E-state index contributed by atoms with van der Waals surface area (Å²) in [5.74, 6) is 0.0220. The molecule has 0 atom stereocenters. The standard InChI is InChI=1S/C18H26N6O2S/c1-26-12-11-23-14-19-24(18(23)27)15-22-9-7-21(8-10-22)13-17(25)20-16-5-3-2-4-6-16/h2-6,14H,7-13,15H2,1H3,(H,20,25). The minimum Gasteiger partial charge on any atom is -0.383 e. The van der Waals surface area contributed by atoms with Crippen molar-refractivity contribution in [2.24, 2.45) is 0 Å². The smallest absolute Gasteiger partial charge is 0.238 e. The first-order chi connectivity index (χ1) is 13.2. The first kappa shape index (κ1) is 19.7. The van der Waals surface area contributed by atoms with Crippen LogP contribution >= 0.6 is 12.2 Å². The van der Waals surface area contributed by atoms with Crippen LogP contribution in [-0.2, 0) is 22.7 Å². The van der Waals surface area contributed by atoms with Crippen LogP contribution in [0.5, 0.6) is 0 Å². The Morgan fingerprint density at radius 3 is 2.59 bits per heavy atom. The number of methoxy groups -OCH3 is 1. The lowest BCUT2D eigenvalue weighted by atomic mass is 10.3. The highest BCUT2D eigenvalue weighted by Crippen LogP contribution is 2.07. The van der Waals surface area contributed by atoms with E-state index in [1.54, 1.807) is 13.4 Å². The quantitative estimate of drug-likeness (QED) is 0.685. The summed E-state index contributed by atoms with van der Waals surface area (Å²) in [6, 6.07) is 9.55. The zero-order valence-corrected chi connectivity index (χ0v) is 16.4. The van der Waals surface area contributed by atoms with Gasteiger partial charge in [-0.1, -0.05) is 18.2 Å². The summed E-state index contributed by atoms with van der Waals surface area (Å²) in [7, 11) is 1.67. The lowest BCUT2D eigenvalue weighted by molar-refractivity contribution is -0.117. The minimum absolute atomic E-state index is 0.0220. The van der Waals surface area contributed by atoms with Gasteiger partial charge >= 0.3 is 0 Å². The van der Waals surface area contributed by atoms with Crippen LogP contribution in [0.1, 0.15) is 0 Å². The second kappa shape index (κ2) is 9.75. The third-order valence-electron chi connectivity index (χ3n) is 4.56. The molecule has 1 fully saturated rings. The van der Waals surface area contributed by atoms with E-state index in [9.17, 15) is 4.79 Å². The molecule has 1 saturated heterocycles. The van der Waals surface area contributed by atoms with Gasteiger partial charge in [0.2, 0.25) is 5.91 Å². The van der Waals surface area contributed by atoms with E-state index in [-0.39, 0.29) is 5.91 Å². The number of rotatable bonds is 8. The van der Waals surface area contributed by atoms with Crippen LogP contribution in [0.3, 0.4) is 0 Å². The van der Waals surface area contributed by atoms with E-state index in [0.29, 0.717) is 31.1 Å². The topological polar surface area (TPSA) is 67.6 Å². The largest absolute Gasteiger partial charge is 0.383 e. The lowest BCUT2D eigenvalue weighted by Crippen LogP contribution is -2.49. The summed E-state index contributed by atoms with van der Waals surface area (Å²) in [6.45, 7) is 5.86. The van der Waals surface area contributed by atoms with Crippen molar-refractivity contribution in [3.05, 3.63) is 41.4 Å². The number of hydrogen-bond acceptors (Lipinski definition) is 6. The Hall–Kier alpha value is -2.07. The van der Waals surface area contributed by atoms with Crippen molar-refractivity contribution < 1.29 is 9.53 Å². The van der Waals surface area contributed by atoms with Crippen molar-refractivity contribution in [2.75, 3.05) is 51.8 Å². The fourth-order valence-electron chi connectivity index (χ4n) is 3.02. The van der Waals surface area contributed by atoms with E-state index in [1.807, 2.05) is 39.6 Å². The molecule has 2 aromatic rings. The first-order valence-electron chi connectivity index (χ1n) is 9.06. The maximum atomic E-state index is 12.2. The number of aromatic nitrogens is 3. The number of benzene rings is 1. The molecule has 8 nitrogen and oxygen atoms in total. The third kappa shape index (κ3) is 5.70. The summed E-state index contributed by atoms with van der Waals surface area (Å²) in [5, 5.41) is 7.31. The van der Waals surface area contributed by atoms with Gasteiger partial charge in [0.05, 0.1) is 19.8 Å². The zero-order chi connectivity index (χ0) is 19.1. The average Bonchev–Trinajstić information content (AvgIpc) is 3.02. The maximum absolute atomic E-state index is 12.2. The molecule has 27 heavy (non-hydrogen) atoms. The predicted octanol–water partition coefficient (Wildman–Crippen LogP) is 1.27. The Labute approximate surface area is 164 Å². The van der Waals surface area contributed by atoms with Gasteiger partial charge in [-0.2, -0.15) is 5.10 Å². The van der Waals surface area contributed by atoms with Gasteiger partial charge in [0.25, 0.3) is 0 Å². The average molecular weight is 391 g/mol. The van der Waals surface area contributed by atoms with Gasteiger partial charge < -0.3 is 14.6 Å². The molecule has 3 rings (SSSR count). The molecule has 9 heteroatoms. The van der Waals surface area contributed by atoms with Crippen LogP contribution in [0.15, 0.2) is 36.7 Å². The van der Waals surface area contributed by atoms with E-state index in [2.05, 4.69) is 20.2 Å². The van der Waals surface area contributed by atoms with Gasteiger partial charge in [0.1, 0.15) is 6.33 Å². The van der Waals surface area contributed by atoms with Crippen molar-refractivity contribution >= 4 is 23.8 Å². The normalized spacial score (nSPS) is 15.7. The highest BCUT2D eigenvalue weighted by molar-refractivity contribution is 7.71. The van der Waals surface area contributed by atoms with Gasteiger partial charge in [-0.15, -0.1) is 0 Å². The summed E-state index contributed by atoms with van der Waals surface area (Å²) >= 11 is 5.47. The molecule has 1 aliphatic rings. The fourth-order valence-corrected chi connectivity index (χ4v) is 3.26. The van der Waals surface area contributed by atoms with Crippen molar-refractivity contribution in [1.29, 1.82) is 0 Å². The van der Waals surface area contributed by atoms with Crippen LogP contribution < -0.4 is 5.32 Å². The van der Waals surface area contributed by atoms with Crippen molar-refractivity contribution in [1.82, 2.24) is 24.1 Å². The number of carbonyl (C=O) groups is 1. The molecule has 0 spiro atoms. The summed E-state index contributed by atoms with van der Waals surface area (Å²) < 4.78 is 9.55. The minimum atomic E-state index is 0.0220. The highest BCUT2D eigenvalue weighted by Gasteiger charge is 2.19. The molecule has 0 bridgehead atoms. The summed E-state index contributed by atoms with van der Waals surface area (Å²) in [4.78, 5) is 16.7. The number of piperazine rings is 1. The predicted molar refractivity (Wildman–Crippen MR) is 106 cm³/mol. The number of ether oxygens (including phenoxy) is 1. The maximum Gasteiger partial charge on any atom is 0.238 e. The molecule has 1 amide bonds. The lowest BCUT2D eigenvalue weighted by Gasteiger charge is -2.33. The van der Waals surface area contributed by atoms with Gasteiger partial charge in [-0.3, -0.25) is 14.6 Å². The van der Waals surface area contributed by atoms with E-state index in [1.165, 1.54) is 0 Å². The Morgan fingerprint density at radius 1 is 1.19 bits per heavy atom. The van der Waals surface area contributed by atoms with Crippen LogP contribution in [0, 0.1) is 4.77 Å². The van der Waals surface area contributed by atoms with E-state index in [4.69, 9.17) is 17.0 Å². The molecular weight excluding hydrogens is 364 g/mol. The van der Waals surface area contributed by atoms with Crippen molar-refractivity contribution in [3.63, 3.8) is 0 Å². The molecule has 1 aromatic carbocycles. The number of nitrogens with zero attached hydrogens (tertiary/aromatic N) is 5. The van der Waals surface area contributed by atoms with Gasteiger partial charge in [-0.25, -0.2) is 4.68 Å². The number of hydrogen-bond donors (Lipinski definition) is 1. The Morgan fingerprint density at radius 2 is 1.89 bits per heavy atom. The van der Waals surface area contributed by atoms with Crippen LogP contribution in [0.2, 0.25) is 0 Å². The Bertz CT molecular complexity index is 783. The molecule has 1 N–H and O–H groups in total. The second-order valence-electron chi connectivity index (χ2n) is 6.55. The summed E-state index contributed by atoms with van der Waals surface area (Å²) in [5.41, 5.74) is 0.833. The molecule has 146 valence electrons. The summed E-state index contributed by atoms with van der Waals surface area (Å²) in [6.07, 6.45) is 1.76. The number of amides is 1. The van der Waals surface area contributed by atoms with Crippen molar-refractivity contribution in [2.45, 2.75) is 13.2 Å². The van der Waals surface area contributed by atoms with Crippen LogP contribution in [0.25, 0.3) is 0 Å². The number of anilines is 1. The molecule has 0 radical (unpaired) electrons. The van der Waals surface area contributed by atoms with E-state index >= 15 is 0 Å². The number of carbonyl (C=O) groups excluding carboxylic acids is 1. The first-order valence-corrected chi connectivity index (χ1v) is 9.47. The molecule has 0 unspecified atom stereocenters. The van der Waals surface area contributed by atoms with Gasteiger partial charge in [-0.05, 0) is 24.4 Å². The molecule has 2 heterocycles. The van der Waals surface area contributed by atoms with E-state index < -0.39 is 0 Å². The number of para-hydroxylation sites is 1. The molecule has 0 saturated carbocycles. The van der Waals surface area contributed by atoms with Gasteiger partial charge in [0.15, 0.2) is 4.77 Å². The molecule has 1 aliphatic heterocycles. The Kier molecular flexibility index (Phi) is 7.11. The SMILES string of the molecule is COCCn1cnn(CN2CCN(CC(=O)Nc3ccccc3)CC2)c1=S. The second-order valence-corrected chi connectivity index (χ2v) is 6.91. The monoisotopic (exact) mass is 390 g/mol. The number of nitrogens with one attached hydrogen (secondary N) is 1. The van der Waals surface area contributed by atoms with Gasteiger partial charge in [0, 0.05) is 45.5 Å². The highest BCUT2D eigenvalue weighted by atomic mass is 32.1. The van der Waals surface area contributed by atoms with E-state index in [0.717, 1.165) is 31.9 Å². The zero-order valence-electron chi connectivity index (χ0n) is 15.6. The van der Waals surface area contributed by atoms with Crippen molar-refractivity contribution in [3.8, 4) is 0 Å². The molecular formula is C18H26N6O2S. The fraction of sp³-hybridized carbons (Fsp3) is 0.500. The molecule has 0 aliphatic carbocycles. The molecule has 1 aromatic heterocycles. The van der Waals surface area contributed by atoms with Crippen LogP contribution in [-0.4, -0.2) is 76.5 Å². The Balaban J connectivity index is 1.43. The third-order valence-corrected chi connectivity index (χ3v) is 5.00.